The van der Waals surface area contributed by atoms with Gasteiger partial charge in [-0.05, 0) is 66.4 Å². The number of hydrogen-bond acceptors (Lipinski definition) is 5. The number of thiol groups is 1. The molecule has 0 amide bonds. The maximum Gasteiger partial charge on any atom is 0.0449 e. The van der Waals surface area contributed by atoms with Crippen molar-refractivity contribution in [2.45, 2.75) is 12.8 Å². The van der Waals surface area contributed by atoms with Crippen LogP contribution < -0.4 is 0 Å². The third kappa shape index (κ3) is 3.55. The molecule has 0 N–H and O–H groups in total. The van der Waals surface area contributed by atoms with Crippen LogP contribution in [0.4, 0.5) is 0 Å². The van der Waals surface area contributed by atoms with Gasteiger partial charge < -0.3 is 0 Å². The minimum Gasteiger partial charge on any atom is -0.179 e. The molecule has 0 fully saturated rings. The monoisotopic (exact) mass is 404 g/mol. The molecule has 4 rings (SSSR count). The van der Waals surface area contributed by atoms with Crippen LogP contribution in [0.5, 0.6) is 0 Å². The Morgan fingerprint density at radius 3 is 1.83 bits per heavy atom. The summed E-state index contributed by atoms with van der Waals surface area (Å²) in [6.45, 7) is 0. The van der Waals surface area contributed by atoms with Crippen molar-refractivity contribution in [1.29, 1.82) is 0 Å². The lowest BCUT2D eigenvalue weighted by molar-refractivity contribution is 0.955. The van der Waals surface area contributed by atoms with E-state index in [1.54, 1.807) is 11.3 Å². The Morgan fingerprint density at radius 2 is 1.25 bits per heavy atom. The van der Waals surface area contributed by atoms with E-state index in [-0.39, 0.29) is 0 Å². The van der Waals surface area contributed by atoms with Crippen LogP contribution >= 0.6 is 58.0 Å². The fourth-order valence-electron chi connectivity index (χ4n) is 2.52. The van der Waals surface area contributed by atoms with E-state index in [1.807, 2.05) is 34.0 Å². The van der Waals surface area contributed by atoms with Crippen molar-refractivity contribution in [3.05, 3.63) is 58.8 Å². The first-order valence-electron chi connectivity index (χ1n) is 7.77. The minimum atomic E-state index is 0.960. The molecule has 4 aromatic heterocycles. The van der Waals surface area contributed by atoms with Crippen LogP contribution in [0.15, 0.2) is 53.9 Å². The predicted octanol–water partition coefficient (Wildman–Crippen LogP) is 7.80. The second-order valence-corrected chi connectivity index (χ2v) is 10.1. The number of hydrogen-bond donors (Lipinski definition) is 1. The van der Waals surface area contributed by atoms with Gasteiger partial charge in [-0.3, -0.25) is 0 Å². The van der Waals surface area contributed by atoms with Crippen LogP contribution in [0, 0.1) is 0 Å². The molecule has 0 saturated heterocycles. The molecule has 0 atom stereocenters. The molecule has 4 heterocycles. The number of rotatable bonds is 6. The highest BCUT2D eigenvalue weighted by Crippen LogP contribution is 2.42. The Balaban J connectivity index is 1.55. The predicted molar refractivity (Wildman–Crippen MR) is 116 cm³/mol. The van der Waals surface area contributed by atoms with Gasteiger partial charge in [0.05, 0.1) is 0 Å². The second kappa shape index (κ2) is 7.58. The molecule has 0 saturated carbocycles. The van der Waals surface area contributed by atoms with Crippen molar-refractivity contribution >= 4 is 58.0 Å². The van der Waals surface area contributed by atoms with Gasteiger partial charge >= 0.3 is 0 Å². The van der Waals surface area contributed by atoms with Crippen molar-refractivity contribution in [2.75, 3.05) is 5.75 Å². The third-order valence-electron chi connectivity index (χ3n) is 3.70. The molecule has 0 aliphatic rings. The van der Waals surface area contributed by atoms with E-state index in [0.717, 1.165) is 18.6 Å². The lowest BCUT2D eigenvalue weighted by atomic mass is 10.3. The molecule has 24 heavy (non-hydrogen) atoms. The molecule has 122 valence electrons. The Morgan fingerprint density at radius 1 is 0.667 bits per heavy atom. The zero-order valence-electron chi connectivity index (χ0n) is 12.9. The molecule has 0 unspecified atom stereocenters. The Hall–Kier alpha value is -0.850. The maximum atomic E-state index is 4.30. The zero-order valence-corrected chi connectivity index (χ0v) is 17.1. The Bertz CT molecular complexity index is 907. The normalized spacial score (nSPS) is 11.2. The van der Waals surface area contributed by atoms with Gasteiger partial charge in [0, 0.05) is 34.1 Å². The van der Waals surface area contributed by atoms with Crippen LogP contribution in [0.2, 0.25) is 0 Å². The van der Waals surface area contributed by atoms with Crippen LogP contribution in [0.3, 0.4) is 0 Å². The SMILES string of the molecule is SCCCc1ccc(-c2ccc(-c3ccc(-c4cccs4)s3)s2)s1. The minimum absolute atomic E-state index is 0.960. The molecule has 0 radical (unpaired) electrons. The van der Waals surface area contributed by atoms with E-state index in [0.29, 0.717) is 0 Å². The summed E-state index contributed by atoms with van der Waals surface area (Å²) >= 11 is 11.8. The number of thiophene rings is 4. The topological polar surface area (TPSA) is 0 Å². The molecular formula is C19H16S5. The van der Waals surface area contributed by atoms with E-state index in [2.05, 4.69) is 66.5 Å². The first kappa shape index (κ1) is 16.6. The molecule has 0 aromatic carbocycles. The van der Waals surface area contributed by atoms with Gasteiger partial charge in [0.1, 0.15) is 0 Å². The fourth-order valence-corrected chi connectivity index (χ4v) is 6.76. The van der Waals surface area contributed by atoms with E-state index >= 15 is 0 Å². The smallest absolute Gasteiger partial charge is 0.0449 e. The molecule has 0 bridgehead atoms. The molecule has 0 aliphatic heterocycles. The Kier molecular flexibility index (Phi) is 5.25. The molecule has 4 aromatic rings. The summed E-state index contributed by atoms with van der Waals surface area (Å²) in [6, 6.07) is 17.9. The van der Waals surface area contributed by atoms with Gasteiger partial charge in [0.2, 0.25) is 0 Å². The second-order valence-electron chi connectivity index (χ2n) is 5.40. The van der Waals surface area contributed by atoms with Gasteiger partial charge in [-0.15, -0.1) is 45.3 Å². The third-order valence-corrected chi connectivity index (χ3v) is 8.79. The van der Waals surface area contributed by atoms with Crippen molar-refractivity contribution < 1.29 is 0 Å². The molecular weight excluding hydrogens is 389 g/mol. The van der Waals surface area contributed by atoms with Crippen LogP contribution in [0.25, 0.3) is 29.3 Å². The maximum absolute atomic E-state index is 4.30. The Labute approximate surface area is 163 Å². The van der Waals surface area contributed by atoms with Gasteiger partial charge in [0.25, 0.3) is 0 Å². The van der Waals surface area contributed by atoms with Gasteiger partial charge in [-0.2, -0.15) is 12.6 Å². The van der Waals surface area contributed by atoms with Crippen molar-refractivity contribution in [1.82, 2.24) is 0 Å². The summed E-state index contributed by atoms with van der Waals surface area (Å²) in [5.41, 5.74) is 0. The first-order chi connectivity index (χ1) is 11.8. The summed E-state index contributed by atoms with van der Waals surface area (Å²) in [6.07, 6.45) is 2.29. The van der Waals surface area contributed by atoms with E-state index < -0.39 is 0 Å². The standard InChI is InChI=1S/C19H16S5/c20-11-1-3-13-5-6-16(22-13)17-9-10-19(24-17)18-8-7-15(23-18)14-4-2-12-21-14/h2,4-10,12,20H,1,3,11H2. The lowest BCUT2D eigenvalue weighted by Crippen LogP contribution is -1.79. The summed E-state index contributed by atoms with van der Waals surface area (Å²) in [7, 11) is 0. The average molecular weight is 405 g/mol. The molecule has 0 aliphatic carbocycles. The summed E-state index contributed by atoms with van der Waals surface area (Å²) in [4.78, 5) is 9.67. The van der Waals surface area contributed by atoms with Crippen molar-refractivity contribution in [3.63, 3.8) is 0 Å². The summed E-state index contributed by atoms with van der Waals surface area (Å²) in [5.74, 6) is 0.960. The molecule has 0 nitrogen and oxygen atoms in total. The van der Waals surface area contributed by atoms with E-state index in [1.165, 1.54) is 34.1 Å². The number of aryl methyl sites for hydroxylation is 1. The quantitative estimate of drug-likeness (QED) is 0.311. The van der Waals surface area contributed by atoms with Crippen molar-refractivity contribution in [3.8, 4) is 29.3 Å². The highest BCUT2D eigenvalue weighted by molar-refractivity contribution is 7.80. The average Bonchev–Trinajstić information content (AvgIpc) is 3.40. The van der Waals surface area contributed by atoms with Gasteiger partial charge in [0.15, 0.2) is 0 Å². The van der Waals surface area contributed by atoms with Crippen LogP contribution in [0.1, 0.15) is 11.3 Å². The molecule has 0 spiro atoms. The van der Waals surface area contributed by atoms with Gasteiger partial charge in [-0.1, -0.05) is 6.07 Å². The van der Waals surface area contributed by atoms with Crippen LogP contribution in [-0.4, -0.2) is 5.75 Å². The van der Waals surface area contributed by atoms with E-state index in [4.69, 9.17) is 0 Å². The van der Waals surface area contributed by atoms with Crippen LogP contribution in [-0.2, 0) is 6.42 Å². The lowest BCUT2D eigenvalue weighted by Gasteiger charge is -1.93. The first-order valence-corrected chi connectivity index (χ1v) is 11.7. The summed E-state index contributed by atoms with van der Waals surface area (Å²) in [5, 5.41) is 2.14. The van der Waals surface area contributed by atoms with E-state index in [9.17, 15) is 0 Å². The van der Waals surface area contributed by atoms with Crippen molar-refractivity contribution in [2.24, 2.45) is 0 Å². The fraction of sp³-hybridized carbons (Fsp3) is 0.158. The summed E-state index contributed by atoms with van der Waals surface area (Å²) < 4.78 is 0. The van der Waals surface area contributed by atoms with Gasteiger partial charge in [-0.25, -0.2) is 0 Å². The highest BCUT2D eigenvalue weighted by Gasteiger charge is 2.10. The largest absolute Gasteiger partial charge is 0.179 e. The molecule has 5 heteroatoms. The highest BCUT2D eigenvalue weighted by atomic mass is 32.1. The zero-order chi connectivity index (χ0) is 16.4.